The third-order valence-electron chi connectivity index (χ3n) is 3.33. The van der Waals surface area contributed by atoms with Crippen molar-refractivity contribution in [1.29, 1.82) is 0 Å². The van der Waals surface area contributed by atoms with Gasteiger partial charge in [0.25, 0.3) is 5.91 Å². The highest BCUT2D eigenvalue weighted by atomic mass is 19.1. The summed E-state index contributed by atoms with van der Waals surface area (Å²) < 4.78 is 13.5. The minimum absolute atomic E-state index is 0.103. The molecule has 0 saturated carbocycles. The second-order valence-corrected chi connectivity index (χ2v) is 5.21. The molecule has 24 heavy (non-hydrogen) atoms. The fourth-order valence-corrected chi connectivity index (χ4v) is 2.04. The van der Waals surface area contributed by atoms with Crippen molar-refractivity contribution in [2.45, 2.75) is 6.92 Å². The Balaban J connectivity index is 1.68. The lowest BCUT2D eigenvalue weighted by molar-refractivity contribution is 0.102. The number of aryl methyl sites for hydroxylation is 1. The number of benzene rings is 2. The van der Waals surface area contributed by atoms with E-state index < -0.39 is 11.7 Å². The molecule has 0 aliphatic rings. The van der Waals surface area contributed by atoms with Crippen LogP contribution in [0.1, 0.15) is 16.1 Å². The van der Waals surface area contributed by atoms with Crippen LogP contribution in [-0.4, -0.2) is 15.9 Å². The molecule has 0 spiro atoms. The zero-order valence-electron chi connectivity index (χ0n) is 13.0. The Morgan fingerprint density at radius 3 is 2.42 bits per heavy atom. The van der Waals surface area contributed by atoms with Gasteiger partial charge in [0, 0.05) is 5.69 Å². The number of anilines is 3. The van der Waals surface area contributed by atoms with Gasteiger partial charge in [0.1, 0.15) is 17.3 Å². The molecule has 2 aromatic carbocycles. The molecule has 2 N–H and O–H groups in total. The van der Waals surface area contributed by atoms with Crippen LogP contribution in [0.4, 0.5) is 21.6 Å². The maximum absolute atomic E-state index is 13.5. The van der Waals surface area contributed by atoms with Crippen molar-refractivity contribution < 1.29 is 9.18 Å². The molecule has 0 fully saturated rings. The van der Waals surface area contributed by atoms with Gasteiger partial charge in [-0.1, -0.05) is 29.8 Å². The Labute approximate surface area is 138 Å². The van der Waals surface area contributed by atoms with E-state index in [4.69, 9.17) is 0 Å². The van der Waals surface area contributed by atoms with Crippen molar-refractivity contribution in [3.8, 4) is 0 Å². The van der Waals surface area contributed by atoms with Crippen LogP contribution in [0.15, 0.2) is 60.9 Å². The van der Waals surface area contributed by atoms with Gasteiger partial charge in [0.05, 0.1) is 18.1 Å². The number of aromatic nitrogens is 2. The summed E-state index contributed by atoms with van der Waals surface area (Å²) in [7, 11) is 0. The third-order valence-corrected chi connectivity index (χ3v) is 3.33. The first-order valence-electron chi connectivity index (χ1n) is 7.33. The molecule has 3 rings (SSSR count). The van der Waals surface area contributed by atoms with E-state index in [1.165, 1.54) is 24.5 Å². The lowest BCUT2D eigenvalue weighted by Gasteiger charge is -2.07. The van der Waals surface area contributed by atoms with E-state index in [-0.39, 0.29) is 11.4 Å². The lowest BCUT2D eigenvalue weighted by atomic mass is 10.2. The first-order valence-corrected chi connectivity index (χ1v) is 7.33. The zero-order valence-corrected chi connectivity index (χ0v) is 13.0. The highest BCUT2D eigenvalue weighted by Crippen LogP contribution is 2.16. The Kier molecular flexibility index (Phi) is 4.47. The van der Waals surface area contributed by atoms with Crippen molar-refractivity contribution in [1.82, 2.24) is 9.97 Å². The van der Waals surface area contributed by atoms with Crippen molar-refractivity contribution in [2.75, 3.05) is 10.6 Å². The van der Waals surface area contributed by atoms with Gasteiger partial charge in [0.15, 0.2) is 0 Å². The first-order chi connectivity index (χ1) is 11.6. The van der Waals surface area contributed by atoms with Gasteiger partial charge in [-0.15, -0.1) is 0 Å². The van der Waals surface area contributed by atoms with E-state index in [1.807, 2.05) is 31.2 Å². The maximum atomic E-state index is 13.5. The molecule has 0 atom stereocenters. The largest absolute Gasteiger partial charge is 0.339 e. The summed E-state index contributed by atoms with van der Waals surface area (Å²) in [5.74, 6) is -0.507. The minimum Gasteiger partial charge on any atom is -0.339 e. The molecule has 0 aliphatic heterocycles. The zero-order chi connectivity index (χ0) is 16.9. The lowest BCUT2D eigenvalue weighted by Crippen LogP contribution is -2.15. The van der Waals surface area contributed by atoms with Crippen molar-refractivity contribution in [2.24, 2.45) is 0 Å². The molecule has 0 radical (unpaired) electrons. The predicted molar refractivity (Wildman–Crippen MR) is 90.8 cm³/mol. The van der Waals surface area contributed by atoms with Gasteiger partial charge in [-0.25, -0.2) is 14.4 Å². The van der Waals surface area contributed by atoms with Crippen LogP contribution in [0.3, 0.4) is 0 Å². The number of para-hydroxylation sites is 1. The summed E-state index contributed by atoms with van der Waals surface area (Å²) in [4.78, 5) is 20.3. The standard InChI is InChI=1S/C18H15FN4O/c1-12-6-8-13(9-7-12)22-17-11-20-16(10-21-17)18(24)23-15-5-3-2-4-14(15)19/h2-11H,1H3,(H,21,22)(H,23,24). The molecule has 0 saturated heterocycles. The van der Waals surface area contributed by atoms with E-state index in [1.54, 1.807) is 12.1 Å². The predicted octanol–water partition coefficient (Wildman–Crippen LogP) is 3.92. The fourth-order valence-electron chi connectivity index (χ4n) is 2.04. The summed E-state index contributed by atoms with van der Waals surface area (Å²) in [5.41, 5.74) is 2.24. The highest BCUT2D eigenvalue weighted by molar-refractivity contribution is 6.02. The number of nitrogens with one attached hydrogen (secondary N) is 2. The van der Waals surface area contributed by atoms with Gasteiger partial charge >= 0.3 is 0 Å². The maximum Gasteiger partial charge on any atom is 0.275 e. The van der Waals surface area contributed by atoms with E-state index in [0.717, 1.165) is 11.3 Å². The molecule has 6 heteroatoms. The van der Waals surface area contributed by atoms with Crippen LogP contribution < -0.4 is 10.6 Å². The Morgan fingerprint density at radius 1 is 1.00 bits per heavy atom. The number of halogens is 1. The quantitative estimate of drug-likeness (QED) is 0.764. The van der Waals surface area contributed by atoms with E-state index in [2.05, 4.69) is 20.6 Å². The second-order valence-electron chi connectivity index (χ2n) is 5.21. The smallest absolute Gasteiger partial charge is 0.275 e. The number of rotatable bonds is 4. The number of amides is 1. The molecule has 0 unspecified atom stereocenters. The van der Waals surface area contributed by atoms with Crippen LogP contribution in [0.5, 0.6) is 0 Å². The Morgan fingerprint density at radius 2 is 1.75 bits per heavy atom. The van der Waals surface area contributed by atoms with Gasteiger partial charge in [-0.05, 0) is 31.2 Å². The molecule has 1 amide bonds. The molecule has 1 aromatic heterocycles. The van der Waals surface area contributed by atoms with Crippen molar-refractivity contribution in [3.63, 3.8) is 0 Å². The number of hydrogen-bond acceptors (Lipinski definition) is 4. The summed E-state index contributed by atoms with van der Waals surface area (Å²) >= 11 is 0. The number of nitrogens with zero attached hydrogens (tertiary/aromatic N) is 2. The summed E-state index contributed by atoms with van der Waals surface area (Å²) in [5, 5.41) is 5.56. The Hall–Kier alpha value is -3.28. The molecular weight excluding hydrogens is 307 g/mol. The van der Waals surface area contributed by atoms with Gasteiger partial charge < -0.3 is 10.6 Å². The van der Waals surface area contributed by atoms with Crippen LogP contribution in [0.25, 0.3) is 0 Å². The molecule has 0 bridgehead atoms. The molecule has 0 aliphatic carbocycles. The number of hydrogen-bond donors (Lipinski definition) is 2. The summed E-state index contributed by atoms with van der Waals surface area (Å²) in [6, 6.07) is 13.8. The van der Waals surface area contributed by atoms with Crippen LogP contribution in [-0.2, 0) is 0 Å². The second kappa shape index (κ2) is 6.87. The summed E-state index contributed by atoms with van der Waals surface area (Å²) in [6.45, 7) is 2.01. The summed E-state index contributed by atoms with van der Waals surface area (Å²) in [6.07, 6.45) is 2.79. The van der Waals surface area contributed by atoms with Gasteiger partial charge in [0.2, 0.25) is 0 Å². The average molecular weight is 322 g/mol. The van der Waals surface area contributed by atoms with Gasteiger partial charge in [-0.2, -0.15) is 0 Å². The molecular formula is C18H15FN4O. The van der Waals surface area contributed by atoms with Crippen LogP contribution >= 0.6 is 0 Å². The monoisotopic (exact) mass is 322 g/mol. The first kappa shape index (κ1) is 15.6. The molecule has 3 aromatic rings. The Bertz CT molecular complexity index is 848. The van der Waals surface area contributed by atoms with Crippen molar-refractivity contribution in [3.05, 3.63) is 78.0 Å². The van der Waals surface area contributed by atoms with E-state index in [0.29, 0.717) is 5.82 Å². The normalized spacial score (nSPS) is 10.2. The van der Waals surface area contributed by atoms with Crippen LogP contribution in [0, 0.1) is 12.7 Å². The fraction of sp³-hybridized carbons (Fsp3) is 0.0556. The number of carbonyl (C=O) groups excluding carboxylic acids is 1. The molecule has 120 valence electrons. The van der Waals surface area contributed by atoms with Crippen molar-refractivity contribution >= 4 is 23.1 Å². The minimum atomic E-state index is -0.519. The third kappa shape index (κ3) is 3.73. The van der Waals surface area contributed by atoms with Crippen LogP contribution in [0.2, 0.25) is 0 Å². The molecule has 1 heterocycles. The van der Waals surface area contributed by atoms with E-state index >= 15 is 0 Å². The topological polar surface area (TPSA) is 66.9 Å². The molecule has 5 nitrogen and oxygen atoms in total. The van der Waals surface area contributed by atoms with E-state index in [9.17, 15) is 9.18 Å². The average Bonchev–Trinajstić information content (AvgIpc) is 2.59. The highest BCUT2D eigenvalue weighted by Gasteiger charge is 2.10. The van der Waals surface area contributed by atoms with Gasteiger partial charge in [-0.3, -0.25) is 4.79 Å². The SMILES string of the molecule is Cc1ccc(Nc2cnc(C(=O)Nc3ccccc3F)cn2)cc1. The number of carbonyl (C=O) groups is 1.